The molecule has 0 saturated heterocycles. The highest BCUT2D eigenvalue weighted by molar-refractivity contribution is 6.30. The lowest BCUT2D eigenvalue weighted by atomic mass is 10.0. The molecule has 0 fully saturated rings. The Morgan fingerprint density at radius 2 is 1.42 bits per heavy atom. The van der Waals surface area contributed by atoms with Crippen LogP contribution in [0.25, 0.3) is 28.0 Å². The van der Waals surface area contributed by atoms with Gasteiger partial charge in [0.25, 0.3) is 0 Å². The van der Waals surface area contributed by atoms with E-state index >= 15 is 0 Å². The maximum atomic E-state index is 6.00. The minimum absolute atomic E-state index is 0.484. The molecule has 186 valence electrons. The van der Waals surface area contributed by atoms with Gasteiger partial charge >= 0.3 is 0 Å². The van der Waals surface area contributed by atoms with E-state index in [2.05, 4.69) is 66.7 Å². The molecule has 0 atom stereocenters. The molecule has 0 unspecified atom stereocenters. The van der Waals surface area contributed by atoms with E-state index in [9.17, 15) is 0 Å². The van der Waals surface area contributed by atoms with Gasteiger partial charge in [0.15, 0.2) is 5.65 Å². The molecule has 0 bridgehead atoms. The van der Waals surface area contributed by atoms with Crippen molar-refractivity contribution in [1.82, 2.24) is 14.6 Å². The molecule has 0 amide bonds. The molecule has 4 nitrogen and oxygen atoms in total. The quantitative estimate of drug-likeness (QED) is 0.215. The SMILES string of the molecule is Cc1cc(-c2ccc(OCc3ccc(Cl)cc3)cc2)n2nc(Cc3ccccc3)c(-c3ccccc3)c2n1. The molecule has 0 radical (unpaired) electrons. The third-order valence-electron chi connectivity index (χ3n) is 6.54. The summed E-state index contributed by atoms with van der Waals surface area (Å²) < 4.78 is 7.99. The smallest absolute Gasteiger partial charge is 0.164 e. The lowest BCUT2D eigenvalue weighted by molar-refractivity contribution is 0.306. The van der Waals surface area contributed by atoms with Gasteiger partial charge in [0.2, 0.25) is 0 Å². The summed E-state index contributed by atoms with van der Waals surface area (Å²) in [6.07, 6.45) is 0.727. The zero-order chi connectivity index (χ0) is 25.9. The normalized spacial score (nSPS) is 11.1. The number of nitrogens with zero attached hydrogens (tertiary/aromatic N) is 3. The first-order valence-electron chi connectivity index (χ1n) is 12.6. The van der Waals surface area contributed by atoms with E-state index in [4.69, 9.17) is 26.4 Å². The second kappa shape index (κ2) is 10.5. The summed E-state index contributed by atoms with van der Waals surface area (Å²) in [6.45, 7) is 2.52. The number of benzene rings is 4. The Labute approximate surface area is 227 Å². The molecular formula is C33H26ClN3O. The largest absolute Gasteiger partial charge is 0.489 e. The number of halogens is 1. The summed E-state index contributed by atoms with van der Waals surface area (Å²) in [4.78, 5) is 4.95. The van der Waals surface area contributed by atoms with Crippen molar-refractivity contribution in [2.24, 2.45) is 0 Å². The fraction of sp³-hybridized carbons (Fsp3) is 0.0909. The molecule has 0 N–H and O–H groups in total. The molecule has 0 spiro atoms. The van der Waals surface area contributed by atoms with Gasteiger partial charge in [-0.1, -0.05) is 84.4 Å². The van der Waals surface area contributed by atoms with Gasteiger partial charge in [0.1, 0.15) is 12.4 Å². The van der Waals surface area contributed by atoms with Gasteiger partial charge in [0.05, 0.1) is 17.0 Å². The van der Waals surface area contributed by atoms with E-state index in [1.807, 2.05) is 60.0 Å². The van der Waals surface area contributed by atoms with Crippen LogP contribution in [0.4, 0.5) is 0 Å². The van der Waals surface area contributed by atoms with Crippen LogP contribution in [0.15, 0.2) is 115 Å². The van der Waals surface area contributed by atoms with Gasteiger partial charge in [-0.25, -0.2) is 9.50 Å². The second-order valence-corrected chi connectivity index (χ2v) is 9.74. The van der Waals surface area contributed by atoms with Crippen molar-refractivity contribution >= 4 is 17.2 Å². The molecular weight excluding hydrogens is 490 g/mol. The van der Waals surface area contributed by atoms with E-state index in [1.54, 1.807) is 0 Å². The molecule has 38 heavy (non-hydrogen) atoms. The van der Waals surface area contributed by atoms with Gasteiger partial charge in [-0.15, -0.1) is 0 Å². The van der Waals surface area contributed by atoms with E-state index in [0.717, 1.165) is 62.2 Å². The lowest BCUT2D eigenvalue weighted by Crippen LogP contribution is -1.99. The summed E-state index contributed by atoms with van der Waals surface area (Å²) in [5, 5.41) is 5.84. The number of hydrogen-bond donors (Lipinski definition) is 0. The third kappa shape index (κ3) is 5.04. The molecule has 0 aliphatic heterocycles. The van der Waals surface area contributed by atoms with Crippen molar-refractivity contribution < 1.29 is 4.74 Å². The van der Waals surface area contributed by atoms with E-state index in [0.29, 0.717) is 6.61 Å². The van der Waals surface area contributed by atoms with Crippen molar-refractivity contribution in [3.05, 3.63) is 143 Å². The minimum atomic E-state index is 0.484. The minimum Gasteiger partial charge on any atom is -0.489 e. The van der Waals surface area contributed by atoms with Crippen molar-refractivity contribution in [3.8, 4) is 28.1 Å². The first kappa shape index (κ1) is 24.0. The zero-order valence-corrected chi connectivity index (χ0v) is 21.8. The van der Waals surface area contributed by atoms with Crippen molar-refractivity contribution in [2.75, 3.05) is 0 Å². The van der Waals surface area contributed by atoms with Gasteiger partial charge in [-0.2, -0.15) is 5.10 Å². The molecule has 2 heterocycles. The highest BCUT2D eigenvalue weighted by Crippen LogP contribution is 2.33. The maximum Gasteiger partial charge on any atom is 0.164 e. The predicted molar refractivity (Wildman–Crippen MR) is 154 cm³/mol. The van der Waals surface area contributed by atoms with Crippen LogP contribution in [-0.2, 0) is 13.0 Å². The summed E-state index contributed by atoms with van der Waals surface area (Å²) in [5.74, 6) is 0.806. The van der Waals surface area contributed by atoms with Gasteiger partial charge in [-0.3, -0.25) is 0 Å². The van der Waals surface area contributed by atoms with Gasteiger partial charge < -0.3 is 4.74 Å². The summed E-state index contributed by atoms with van der Waals surface area (Å²) >= 11 is 5.99. The Hall–Kier alpha value is -4.41. The van der Waals surface area contributed by atoms with Crippen LogP contribution >= 0.6 is 11.6 Å². The van der Waals surface area contributed by atoms with Gasteiger partial charge in [0, 0.05) is 22.7 Å². The van der Waals surface area contributed by atoms with Gasteiger partial charge in [-0.05, 0) is 66.1 Å². The number of fused-ring (bicyclic) bond motifs is 1. The van der Waals surface area contributed by atoms with Crippen molar-refractivity contribution in [3.63, 3.8) is 0 Å². The number of aryl methyl sites for hydroxylation is 1. The average molecular weight is 516 g/mol. The van der Waals surface area contributed by atoms with Crippen LogP contribution in [0.2, 0.25) is 5.02 Å². The number of aromatic nitrogens is 3. The monoisotopic (exact) mass is 515 g/mol. The summed E-state index contributed by atoms with van der Waals surface area (Å²) in [7, 11) is 0. The number of hydrogen-bond acceptors (Lipinski definition) is 3. The van der Waals surface area contributed by atoms with Crippen LogP contribution in [0.5, 0.6) is 5.75 Å². The van der Waals surface area contributed by atoms with Crippen LogP contribution in [0.3, 0.4) is 0 Å². The molecule has 4 aromatic carbocycles. The molecule has 2 aromatic heterocycles. The Morgan fingerprint density at radius 1 is 0.737 bits per heavy atom. The van der Waals surface area contributed by atoms with E-state index in [1.165, 1.54) is 5.56 Å². The van der Waals surface area contributed by atoms with Crippen molar-refractivity contribution in [2.45, 2.75) is 20.0 Å². The predicted octanol–water partition coefficient (Wildman–Crippen LogP) is 8.19. The van der Waals surface area contributed by atoms with Crippen LogP contribution < -0.4 is 4.74 Å². The fourth-order valence-corrected chi connectivity index (χ4v) is 4.80. The number of rotatable bonds is 7. The molecule has 0 aliphatic carbocycles. The maximum absolute atomic E-state index is 6.00. The van der Waals surface area contributed by atoms with Crippen LogP contribution in [0.1, 0.15) is 22.5 Å². The van der Waals surface area contributed by atoms with Crippen LogP contribution in [0, 0.1) is 6.92 Å². The Morgan fingerprint density at radius 3 is 2.13 bits per heavy atom. The lowest BCUT2D eigenvalue weighted by Gasteiger charge is -2.10. The highest BCUT2D eigenvalue weighted by Gasteiger charge is 2.19. The molecule has 5 heteroatoms. The average Bonchev–Trinajstić information content (AvgIpc) is 3.31. The fourth-order valence-electron chi connectivity index (χ4n) is 4.67. The Bertz CT molecular complexity index is 1680. The first-order valence-corrected chi connectivity index (χ1v) is 13.0. The molecule has 0 aliphatic rings. The van der Waals surface area contributed by atoms with Crippen LogP contribution in [-0.4, -0.2) is 14.6 Å². The second-order valence-electron chi connectivity index (χ2n) is 9.31. The molecule has 0 saturated carbocycles. The van der Waals surface area contributed by atoms with Crippen molar-refractivity contribution in [1.29, 1.82) is 0 Å². The molecule has 6 aromatic rings. The van der Waals surface area contributed by atoms with E-state index < -0.39 is 0 Å². The first-order chi connectivity index (χ1) is 18.6. The summed E-state index contributed by atoms with van der Waals surface area (Å²) in [6, 6.07) is 38.8. The summed E-state index contributed by atoms with van der Waals surface area (Å²) in [5.41, 5.74) is 9.32. The standard InChI is InChI=1S/C33H26ClN3O/c1-23-20-31(26-14-18-29(19-15-26)38-22-25-12-16-28(34)17-13-25)37-33(35-23)32(27-10-6-3-7-11-27)30(36-37)21-24-8-4-2-5-9-24/h2-20H,21-22H2,1H3. The topological polar surface area (TPSA) is 39.4 Å². The third-order valence-corrected chi connectivity index (χ3v) is 6.79. The number of ether oxygens (including phenoxy) is 1. The zero-order valence-electron chi connectivity index (χ0n) is 21.0. The Balaban J connectivity index is 1.38. The van der Waals surface area contributed by atoms with E-state index in [-0.39, 0.29) is 0 Å². The molecule has 6 rings (SSSR count). The highest BCUT2D eigenvalue weighted by atomic mass is 35.5. The Kier molecular flexibility index (Phi) is 6.63.